The number of epoxide rings is 1. The molecule has 4 atom stereocenters. The van der Waals surface area contributed by atoms with Crippen LogP contribution in [0.5, 0.6) is 0 Å². The number of carbonyl (C=O) groups is 1. The van der Waals surface area contributed by atoms with Gasteiger partial charge in [0.1, 0.15) is 24.9 Å². The van der Waals surface area contributed by atoms with Gasteiger partial charge in [0.05, 0.1) is 0 Å². The number of rotatable bonds is 4. The summed E-state index contributed by atoms with van der Waals surface area (Å²) < 4.78 is 21.1. The molecule has 1 amide bonds. The Morgan fingerprint density at radius 3 is 2.74 bits per heavy atom. The highest BCUT2D eigenvalue weighted by Crippen LogP contribution is 2.39. The SMILES string of the molecule is CO[C@@H]1O[C@@H](COC(=O)Nc2ccccc2)[C@@H]2O[C@H]12. The second kappa shape index (κ2) is 5.16. The fourth-order valence-corrected chi connectivity index (χ4v) is 2.14. The van der Waals surface area contributed by atoms with E-state index >= 15 is 0 Å². The van der Waals surface area contributed by atoms with E-state index in [2.05, 4.69) is 5.32 Å². The molecule has 2 aliphatic rings. The molecule has 0 bridgehead atoms. The summed E-state index contributed by atoms with van der Waals surface area (Å²) in [6.07, 6.45) is -1.15. The summed E-state index contributed by atoms with van der Waals surface area (Å²) in [7, 11) is 1.56. The van der Waals surface area contributed by atoms with Gasteiger partial charge < -0.3 is 18.9 Å². The van der Waals surface area contributed by atoms with Crippen molar-refractivity contribution < 1.29 is 23.7 Å². The molecule has 6 nitrogen and oxygen atoms in total. The quantitative estimate of drug-likeness (QED) is 0.833. The molecule has 2 saturated heterocycles. The lowest BCUT2D eigenvalue weighted by molar-refractivity contribution is -0.166. The van der Waals surface area contributed by atoms with Crippen molar-refractivity contribution in [2.45, 2.75) is 24.6 Å². The van der Waals surface area contributed by atoms with Crippen molar-refractivity contribution >= 4 is 11.8 Å². The van der Waals surface area contributed by atoms with Gasteiger partial charge in [-0.1, -0.05) is 18.2 Å². The second-order valence-electron chi connectivity index (χ2n) is 4.43. The van der Waals surface area contributed by atoms with Crippen molar-refractivity contribution in [2.24, 2.45) is 0 Å². The first-order valence-corrected chi connectivity index (χ1v) is 6.10. The predicted molar refractivity (Wildman–Crippen MR) is 65.7 cm³/mol. The minimum Gasteiger partial charge on any atom is -0.446 e. The number of amides is 1. The molecule has 2 aliphatic heterocycles. The number of hydrogen-bond acceptors (Lipinski definition) is 5. The molecule has 0 aromatic heterocycles. The first-order chi connectivity index (χ1) is 9.28. The Morgan fingerprint density at radius 1 is 1.26 bits per heavy atom. The van der Waals surface area contributed by atoms with Gasteiger partial charge in [-0.2, -0.15) is 0 Å². The van der Waals surface area contributed by atoms with Crippen LogP contribution < -0.4 is 5.32 Å². The molecular formula is C13H15NO5. The van der Waals surface area contributed by atoms with Gasteiger partial charge in [0.2, 0.25) is 0 Å². The maximum Gasteiger partial charge on any atom is 0.411 e. The number of nitrogens with one attached hydrogen (secondary N) is 1. The van der Waals surface area contributed by atoms with Crippen LogP contribution in [-0.4, -0.2) is 44.4 Å². The minimum absolute atomic E-state index is 0.0178. The van der Waals surface area contributed by atoms with Crippen LogP contribution in [0, 0.1) is 0 Å². The van der Waals surface area contributed by atoms with Crippen LogP contribution in [0.1, 0.15) is 0 Å². The fourth-order valence-electron chi connectivity index (χ4n) is 2.14. The number of fused-ring (bicyclic) bond motifs is 1. The summed E-state index contributed by atoms with van der Waals surface area (Å²) in [5.41, 5.74) is 0.690. The Kier molecular flexibility index (Phi) is 3.37. The van der Waals surface area contributed by atoms with Gasteiger partial charge in [-0.25, -0.2) is 4.79 Å². The van der Waals surface area contributed by atoms with Crippen molar-refractivity contribution in [2.75, 3.05) is 19.0 Å². The van der Waals surface area contributed by atoms with Crippen LogP contribution in [0.4, 0.5) is 10.5 Å². The van der Waals surface area contributed by atoms with Gasteiger partial charge >= 0.3 is 6.09 Å². The van der Waals surface area contributed by atoms with E-state index in [1.54, 1.807) is 19.2 Å². The second-order valence-corrected chi connectivity index (χ2v) is 4.43. The molecule has 0 aliphatic carbocycles. The zero-order valence-corrected chi connectivity index (χ0v) is 10.4. The summed E-state index contributed by atoms with van der Waals surface area (Å²) in [5.74, 6) is 0. The minimum atomic E-state index is -0.507. The summed E-state index contributed by atoms with van der Waals surface area (Å²) >= 11 is 0. The topological polar surface area (TPSA) is 69.3 Å². The molecule has 1 aromatic rings. The van der Waals surface area contributed by atoms with Gasteiger partial charge in [0.15, 0.2) is 6.29 Å². The lowest BCUT2D eigenvalue weighted by atomic mass is 10.2. The van der Waals surface area contributed by atoms with Crippen molar-refractivity contribution in [3.8, 4) is 0 Å². The lowest BCUT2D eigenvalue weighted by Crippen LogP contribution is -2.28. The number of para-hydroxylation sites is 1. The van der Waals surface area contributed by atoms with Crippen LogP contribution in [-0.2, 0) is 18.9 Å². The first-order valence-electron chi connectivity index (χ1n) is 6.10. The lowest BCUT2D eigenvalue weighted by Gasteiger charge is -2.16. The molecule has 19 heavy (non-hydrogen) atoms. The van der Waals surface area contributed by atoms with E-state index in [-0.39, 0.29) is 31.2 Å². The van der Waals surface area contributed by atoms with E-state index in [9.17, 15) is 4.79 Å². The summed E-state index contributed by atoms with van der Waals surface area (Å²) in [5, 5.41) is 2.63. The monoisotopic (exact) mass is 265 g/mol. The maximum atomic E-state index is 11.6. The molecule has 0 unspecified atom stereocenters. The predicted octanol–water partition coefficient (Wildman–Crippen LogP) is 1.37. The summed E-state index contributed by atoms with van der Waals surface area (Å²) in [6, 6.07) is 9.12. The van der Waals surface area contributed by atoms with E-state index in [4.69, 9.17) is 18.9 Å². The first kappa shape index (κ1) is 12.4. The molecular weight excluding hydrogens is 250 g/mol. The number of methoxy groups -OCH3 is 1. The normalized spacial score (nSPS) is 31.6. The summed E-state index contributed by atoms with van der Waals surface area (Å²) in [6.45, 7) is 0.152. The van der Waals surface area contributed by atoms with Crippen molar-refractivity contribution in [3.05, 3.63) is 30.3 Å². The van der Waals surface area contributed by atoms with Gasteiger partial charge in [0, 0.05) is 12.8 Å². The van der Waals surface area contributed by atoms with Gasteiger partial charge in [-0.15, -0.1) is 0 Å². The third-order valence-corrected chi connectivity index (χ3v) is 3.14. The van der Waals surface area contributed by atoms with Crippen LogP contribution >= 0.6 is 0 Å². The van der Waals surface area contributed by atoms with E-state index in [1.165, 1.54) is 0 Å². The Morgan fingerprint density at radius 2 is 2.05 bits per heavy atom. The Hall–Kier alpha value is -1.63. The Labute approximate surface area is 110 Å². The molecule has 1 aromatic carbocycles. The fraction of sp³-hybridized carbons (Fsp3) is 0.462. The number of carbonyl (C=O) groups excluding carboxylic acids is 1. The zero-order chi connectivity index (χ0) is 13.2. The third kappa shape index (κ3) is 2.70. The van der Waals surface area contributed by atoms with Crippen LogP contribution in [0.3, 0.4) is 0 Å². The van der Waals surface area contributed by atoms with E-state index in [1.807, 2.05) is 18.2 Å². The molecule has 3 rings (SSSR count). The number of hydrogen-bond donors (Lipinski definition) is 1. The molecule has 2 heterocycles. The van der Waals surface area contributed by atoms with Crippen molar-refractivity contribution in [1.82, 2.24) is 0 Å². The van der Waals surface area contributed by atoms with Gasteiger partial charge in [0.25, 0.3) is 0 Å². The van der Waals surface area contributed by atoms with Gasteiger partial charge in [-0.05, 0) is 12.1 Å². The molecule has 6 heteroatoms. The molecule has 2 fully saturated rings. The number of benzene rings is 1. The van der Waals surface area contributed by atoms with E-state index < -0.39 is 6.09 Å². The largest absolute Gasteiger partial charge is 0.446 e. The third-order valence-electron chi connectivity index (χ3n) is 3.14. The highest BCUT2D eigenvalue weighted by atomic mass is 16.8. The van der Waals surface area contributed by atoms with Crippen molar-refractivity contribution in [3.63, 3.8) is 0 Å². The highest BCUT2D eigenvalue weighted by molar-refractivity contribution is 5.84. The van der Waals surface area contributed by atoms with E-state index in [0.717, 1.165) is 0 Å². The average Bonchev–Trinajstić information content (AvgIpc) is 3.14. The number of ether oxygens (including phenoxy) is 4. The van der Waals surface area contributed by atoms with Crippen LogP contribution in [0.2, 0.25) is 0 Å². The van der Waals surface area contributed by atoms with Crippen molar-refractivity contribution in [1.29, 1.82) is 0 Å². The zero-order valence-electron chi connectivity index (χ0n) is 10.4. The molecule has 0 radical (unpaired) electrons. The molecule has 1 N–H and O–H groups in total. The van der Waals surface area contributed by atoms with Crippen LogP contribution in [0.15, 0.2) is 30.3 Å². The standard InChI is InChI=1S/C13H15NO5/c1-16-12-11-10(19-11)9(18-12)7-17-13(15)14-8-5-3-2-4-6-8/h2-6,9-12H,7H2,1H3,(H,14,15)/t9-,10-,11-,12+/m0/s1. The Balaban J connectivity index is 1.44. The molecule has 0 saturated carbocycles. The average molecular weight is 265 g/mol. The van der Waals surface area contributed by atoms with E-state index in [0.29, 0.717) is 5.69 Å². The highest BCUT2D eigenvalue weighted by Gasteiger charge is 2.58. The van der Waals surface area contributed by atoms with Gasteiger partial charge in [-0.3, -0.25) is 5.32 Å². The number of anilines is 1. The molecule has 0 spiro atoms. The van der Waals surface area contributed by atoms with Crippen LogP contribution in [0.25, 0.3) is 0 Å². The smallest absolute Gasteiger partial charge is 0.411 e. The maximum absolute atomic E-state index is 11.6. The Bertz CT molecular complexity index is 452. The molecule has 102 valence electrons. The summed E-state index contributed by atoms with van der Waals surface area (Å²) in [4.78, 5) is 11.6.